The lowest BCUT2D eigenvalue weighted by Gasteiger charge is -2.08. The zero-order chi connectivity index (χ0) is 17.1. The van der Waals surface area contributed by atoms with Gasteiger partial charge in [0.1, 0.15) is 0 Å². The number of thiazole rings is 1. The normalized spacial score (nSPS) is 11.3. The molecule has 0 radical (unpaired) electrons. The van der Waals surface area contributed by atoms with E-state index in [1.54, 1.807) is 16.0 Å². The number of aromatic nitrogens is 5. The Morgan fingerprint density at radius 1 is 1.42 bits per heavy atom. The Morgan fingerprint density at radius 3 is 3.04 bits per heavy atom. The van der Waals surface area contributed by atoms with E-state index in [0.29, 0.717) is 11.5 Å². The maximum atomic E-state index is 12.1. The molecule has 24 heavy (non-hydrogen) atoms. The summed E-state index contributed by atoms with van der Waals surface area (Å²) in [6.07, 6.45) is 0. The number of nitrogens with zero attached hydrogens (tertiary/aromatic N) is 5. The topological polar surface area (TPSA) is 85.6 Å². The molecule has 7 nitrogen and oxygen atoms in total. The molecule has 1 N–H and O–H groups in total. The maximum Gasteiger partial charge on any atom is 0.234 e. The van der Waals surface area contributed by atoms with Crippen molar-refractivity contribution in [3.05, 3.63) is 29.0 Å². The molecule has 0 spiro atoms. The van der Waals surface area contributed by atoms with Crippen molar-refractivity contribution in [2.45, 2.75) is 32.6 Å². The Labute approximate surface area is 147 Å². The summed E-state index contributed by atoms with van der Waals surface area (Å²) in [6, 6.07) is 5.97. The number of tetrazole rings is 1. The van der Waals surface area contributed by atoms with E-state index >= 15 is 0 Å². The van der Waals surface area contributed by atoms with Crippen molar-refractivity contribution in [3.8, 4) is 0 Å². The van der Waals surface area contributed by atoms with E-state index in [9.17, 15) is 4.79 Å². The second-order valence-electron chi connectivity index (χ2n) is 5.59. The minimum atomic E-state index is -0.0378. The predicted molar refractivity (Wildman–Crippen MR) is 97.4 cm³/mol. The highest BCUT2D eigenvalue weighted by atomic mass is 32.2. The molecule has 9 heteroatoms. The van der Waals surface area contributed by atoms with Crippen molar-refractivity contribution < 1.29 is 4.79 Å². The number of rotatable bonds is 6. The highest BCUT2D eigenvalue weighted by Gasteiger charge is 2.11. The van der Waals surface area contributed by atoms with Crippen LogP contribution in [0.1, 0.15) is 30.7 Å². The highest BCUT2D eigenvalue weighted by Crippen LogP contribution is 2.25. The zero-order valence-electron chi connectivity index (χ0n) is 13.7. The number of carbonyl (C=O) groups is 1. The van der Waals surface area contributed by atoms with Crippen LogP contribution in [0.15, 0.2) is 18.2 Å². The largest absolute Gasteiger partial charge is 0.325 e. The minimum absolute atomic E-state index is 0.0378. The molecular formula is C15H18N6OS2. The predicted octanol–water partition coefficient (Wildman–Crippen LogP) is 3.04. The monoisotopic (exact) mass is 362 g/mol. The number of fused-ring (bicyclic) bond motifs is 1. The van der Waals surface area contributed by atoms with Gasteiger partial charge in [-0.2, -0.15) is 0 Å². The fourth-order valence-electron chi connectivity index (χ4n) is 2.26. The zero-order valence-corrected chi connectivity index (χ0v) is 15.3. The van der Waals surface area contributed by atoms with Crippen LogP contribution in [0.2, 0.25) is 0 Å². The molecule has 1 aromatic carbocycles. The van der Waals surface area contributed by atoms with Gasteiger partial charge in [-0.1, -0.05) is 0 Å². The van der Waals surface area contributed by atoms with Crippen LogP contribution in [-0.4, -0.2) is 36.9 Å². The van der Waals surface area contributed by atoms with Crippen LogP contribution in [0.25, 0.3) is 10.2 Å². The van der Waals surface area contributed by atoms with Gasteiger partial charge in [-0.25, -0.2) is 9.67 Å². The Bertz CT molecular complexity index is 857. The van der Waals surface area contributed by atoms with Gasteiger partial charge in [0.05, 0.1) is 32.8 Å². The highest BCUT2D eigenvalue weighted by molar-refractivity contribution is 7.99. The van der Waals surface area contributed by atoms with Gasteiger partial charge in [0, 0.05) is 5.69 Å². The van der Waals surface area contributed by atoms with E-state index in [4.69, 9.17) is 0 Å². The Balaban J connectivity index is 1.54. The molecule has 0 fully saturated rings. The van der Waals surface area contributed by atoms with Gasteiger partial charge in [0.25, 0.3) is 0 Å². The SMILES string of the molecule is Cc1nc2ccc(NC(=O)CSCc3nnnn3C(C)C)cc2s1. The Morgan fingerprint density at radius 2 is 2.25 bits per heavy atom. The number of hydrogen-bond donors (Lipinski definition) is 1. The quantitative estimate of drug-likeness (QED) is 0.725. The third-order valence-corrected chi connectivity index (χ3v) is 5.16. The second-order valence-corrected chi connectivity index (χ2v) is 7.81. The summed E-state index contributed by atoms with van der Waals surface area (Å²) in [7, 11) is 0. The third kappa shape index (κ3) is 3.90. The fourth-order valence-corrected chi connectivity index (χ4v) is 3.86. The molecule has 0 aliphatic rings. The lowest BCUT2D eigenvalue weighted by atomic mass is 10.3. The first-order valence-electron chi connectivity index (χ1n) is 7.54. The molecule has 0 aliphatic heterocycles. The minimum Gasteiger partial charge on any atom is -0.325 e. The summed E-state index contributed by atoms with van der Waals surface area (Å²) in [5.41, 5.74) is 1.76. The van der Waals surface area contributed by atoms with Gasteiger partial charge in [0.2, 0.25) is 5.91 Å². The van der Waals surface area contributed by atoms with Crippen molar-refractivity contribution in [3.63, 3.8) is 0 Å². The number of nitrogens with one attached hydrogen (secondary N) is 1. The average molecular weight is 362 g/mol. The first-order valence-corrected chi connectivity index (χ1v) is 9.51. The number of benzene rings is 1. The van der Waals surface area contributed by atoms with E-state index in [0.717, 1.165) is 26.7 Å². The molecule has 0 atom stereocenters. The van der Waals surface area contributed by atoms with E-state index in [1.807, 2.05) is 39.0 Å². The first kappa shape index (κ1) is 16.8. The van der Waals surface area contributed by atoms with Gasteiger partial charge in [-0.3, -0.25) is 4.79 Å². The van der Waals surface area contributed by atoms with Crippen LogP contribution < -0.4 is 5.32 Å². The second kappa shape index (κ2) is 7.27. The summed E-state index contributed by atoms with van der Waals surface area (Å²) in [5.74, 6) is 1.70. The fraction of sp³-hybridized carbons (Fsp3) is 0.400. The van der Waals surface area contributed by atoms with Crippen LogP contribution in [0.5, 0.6) is 0 Å². The molecule has 126 valence electrons. The summed E-state index contributed by atoms with van der Waals surface area (Å²) in [4.78, 5) is 16.5. The molecule has 1 amide bonds. The molecule has 3 aromatic rings. The summed E-state index contributed by atoms with van der Waals surface area (Å²) < 4.78 is 2.85. The first-order chi connectivity index (χ1) is 11.5. The van der Waals surface area contributed by atoms with Gasteiger partial charge in [-0.15, -0.1) is 28.2 Å². The smallest absolute Gasteiger partial charge is 0.234 e. The molecule has 0 aliphatic carbocycles. The van der Waals surface area contributed by atoms with Crippen LogP contribution >= 0.6 is 23.1 Å². The van der Waals surface area contributed by atoms with E-state index in [-0.39, 0.29) is 11.9 Å². The molecule has 2 heterocycles. The molecule has 0 saturated heterocycles. The number of thioether (sulfide) groups is 1. The lowest BCUT2D eigenvalue weighted by molar-refractivity contribution is -0.113. The van der Waals surface area contributed by atoms with Crippen molar-refractivity contribution in [1.29, 1.82) is 0 Å². The van der Waals surface area contributed by atoms with E-state index in [1.165, 1.54) is 11.8 Å². The molecule has 2 aromatic heterocycles. The standard InChI is InChI=1S/C15H18N6OS2/c1-9(2)21-14(18-19-20-21)7-23-8-15(22)17-11-4-5-12-13(6-11)24-10(3)16-12/h4-6,9H,7-8H2,1-3H3,(H,17,22). The summed E-state index contributed by atoms with van der Waals surface area (Å²) in [5, 5.41) is 15.6. The molecular weight excluding hydrogens is 344 g/mol. The van der Waals surface area contributed by atoms with Gasteiger partial charge in [-0.05, 0) is 49.4 Å². The van der Waals surface area contributed by atoms with Gasteiger partial charge < -0.3 is 5.32 Å². The van der Waals surface area contributed by atoms with Crippen molar-refractivity contribution >= 4 is 44.9 Å². The molecule has 0 saturated carbocycles. The van der Waals surface area contributed by atoms with Crippen LogP contribution in [0, 0.1) is 6.92 Å². The Hall–Kier alpha value is -2.00. The van der Waals surface area contributed by atoms with Crippen LogP contribution in [-0.2, 0) is 10.5 Å². The number of amides is 1. The number of carbonyl (C=O) groups excluding carboxylic acids is 1. The molecule has 3 rings (SSSR count). The van der Waals surface area contributed by atoms with Gasteiger partial charge in [0.15, 0.2) is 5.82 Å². The van der Waals surface area contributed by atoms with E-state index in [2.05, 4.69) is 25.8 Å². The summed E-state index contributed by atoms with van der Waals surface area (Å²) >= 11 is 3.11. The van der Waals surface area contributed by atoms with Crippen molar-refractivity contribution in [1.82, 2.24) is 25.2 Å². The number of hydrogen-bond acceptors (Lipinski definition) is 7. The Kier molecular flexibility index (Phi) is 5.10. The summed E-state index contributed by atoms with van der Waals surface area (Å²) in [6.45, 7) is 6.02. The number of aryl methyl sites for hydroxylation is 1. The van der Waals surface area contributed by atoms with Crippen LogP contribution in [0.4, 0.5) is 5.69 Å². The number of anilines is 1. The maximum absolute atomic E-state index is 12.1. The third-order valence-electron chi connectivity index (χ3n) is 3.29. The molecule has 0 bridgehead atoms. The van der Waals surface area contributed by atoms with Crippen molar-refractivity contribution in [2.75, 3.05) is 11.1 Å². The van der Waals surface area contributed by atoms with Gasteiger partial charge >= 0.3 is 0 Å². The van der Waals surface area contributed by atoms with E-state index < -0.39 is 0 Å². The molecule has 0 unspecified atom stereocenters. The van der Waals surface area contributed by atoms with Crippen LogP contribution in [0.3, 0.4) is 0 Å². The average Bonchev–Trinajstić information content (AvgIpc) is 3.12. The lowest BCUT2D eigenvalue weighted by Crippen LogP contribution is -2.14. The van der Waals surface area contributed by atoms with Crippen molar-refractivity contribution in [2.24, 2.45) is 0 Å².